The monoisotopic (exact) mass is 294 g/mol. The van der Waals surface area contributed by atoms with Crippen LogP contribution in [0.2, 0.25) is 0 Å². The van der Waals surface area contributed by atoms with Crippen LogP contribution in [0.5, 0.6) is 0 Å². The Labute approximate surface area is 129 Å². The van der Waals surface area contributed by atoms with Gasteiger partial charge in [0.15, 0.2) is 5.82 Å². The van der Waals surface area contributed by atoms with Gasteiger partial charge >= 0.3 is 0 Å². The Balaban J connectivity index is 1.98. The lowest BCUT2D eigenvalue weighted by Crippen LogP contribution is -1.89. The summed E-state index contributed by atoms with van der Waals surface area (Å²) in [6.07, 6.45) is 2.84. The Morgan fingerprint density at radius 1 is 1.05 bits per heavy atom. The van der Waals surface area contributed by atoms with Gasteiger partial charge in [-0.2, -0.15) is 0 Å². The minimum Gasteiger partial charge on any atom is -0.392 e. The van der Waals surface area contributed by atoms with Gasteiger partial charge in [-0.1, -0.05) is 25.1 Å². The maximum Gasteiger partial charge on any atom is 0.182 e. The molecule has 5 heteroatoms. The van der Waals surface area contributed by atoms with Crippen molar-refractivity contribution in [1.29, 1.82) is 0 Å². The second kappa shape index (κ2) is 6.07. The van der Waals surface area contributed by atoms with Crippen molar-refractivity contribution >= 4 is 17.2 Å². The quantitative estimate of drug-likeness (QED) is 0.736. The molecule has 0 aliphatic rings. The van der Waals surface area contributed by atoms with Gasteiger partial charge in [0.2, 0.25) is 0 Å². The topological polar surface area (TPSA) is 62.2 Å². The molecule has 0 aliphatic carbocycles. The number of imidazole rings is 1. The minimum absolute atomic E-state index is 0.0117. The highest BCUT2D eigenvalue weighted by atomic mass is 16.3. The summed E-state index contributed by atoms with van der Waals surface area (Å²) in [7, 11) is 0. The van der Waals surface area contributed by atoms with Crippen molar-refractivity contribution in [3.63, 3.8) is 0 Å². The second-order valence-corrected chi connectivity index (χ2v) is 5.16. The van der Waals surface area contributed by atoms with E-state index in [1.807, 2.05) is 41.8 Å². The molecule has 0 fully saturated rings. The third kappa shape index (κ3) is 2.76. The molecule has 1 N–H and O–H groups in total. The number of rotatable bonds is 4. The zero-order chi connectivity index (χ0) is 15.5. The Morgan fingerprint density at radius 3 is 2.45 bits per heavy atom. The van der Waals surface area contributed by atoms with Crippen LogP contribution < -0.4 is 0 Å². The van der Waals surface area contributed by atoms with E-state index in [0.29, 0.717) is 5.82 Å². The van der Waals surface area contributed by atoms with Crippen LogP contribution in [0.3, 0.4) is 0 Å². The van der Waals surface area contributed by atoms with E-state index in [1.165, 1.54) is 5.56 Å². The van der Waals surface area contributed by atoms with Crippen molar-refractivity contribution in [3.8, 4) is 0 Å². The van der Waals surface area contributed by atoms with Crippen molar-refractivity contribution in [1.82, 2.24) is 9.38 Å². The van der Waals surface area contributed by atoms with Crippen molar-refractivity contribution < 1.29 is 5.11 Å². The first-order valence-electron chi connectivity index (χ1n) is 7.30. The van der Waals surface area contributed by atoms with Gasteiger partial charge in [0.25, 0.3) is 0 Å². The maximum absolute atomic E-state index is 9.26. The second-order valence-electron chi connectivity index (χ2n) is 5.16. The summed E-state index contributed by atoms with van der Waals surface area (Å²) in [6.45, 7) is 4.01. The van der Waals surface area contributed by atoms with Crippen LogP contribution >= 0.6 is 0 Å². The summed E-state index contributed by atoms with van der Waals surface area (Å²) < 4.78 is 1.85. The molecule has 0 unspecified atom stereocenters. The fourth-order valence-corrected chi connectivity index (χ4v) is 2.31. The van der Waals surface area contributed by atoms with Crippen molar-refractivity contribution in [2.75, 3.05) is 0 Å². The van der Waals surface area contributed by atoms with Gasteiger partial charge in [-0.05, 0) is 42.7 Å². The first-order valence-corrected chi connectivity index (χ1v) is 7.30. The van der Waals surface area contributed by atoms with E-state index >= 15 is 0 Å². The number of hydrogen-bond acceptors (Lipinski definition) is 4. The van der Waals surface area contributed by atoms with E-state index in [4.69, 9.17) is 0 Å². The minimum atomic E-state index is -0.0117. The predicted molar refractivity (Wildman–Crippen MR) is 85.8 cm³/mol. The van der Waals surface area contributed by atoms with Gasteiger partial charge in [0, 0.05) is 6.20 Å². The Hall–Kier alpha value is -2.53. The number of azo groups is 1. The van der Waals surface area contributed by atoms with Crippen LogP contribution in [-0.4, -0.2) is 14.5 Å². The molecule has 0 saturated heterocycles. The number of pyridine rings is 1. The Morgan fingerprint density at radius 2 is 1.77 bits per heavy atom. The SMILES string of the molecule is CCc1ccc(N=Nc2c(C)nc3ccc(CO)cn23)cc1. The summed E-state index contributed by atoms with van der Waals surface area (Å²) in [5.41, 5.74) is 4.50. The molecule has 3 aromatic rings. The largest absolute Gasteiger partial charge is 0.392 e. The first kappa shape index (κ1) is 14.4. The normalized spacial score (nSPS) is 11.6. The lowest BCUT2D eigenvalue weighted by Gasteiger charge is -2.00. The summed E-state index contributed by atoms with van der Waals surface area (Å²) >= 11 is 0. The van der Waals surface area contributed by atoms with Crippen LogP contribution in [0.15, 0.2) is 52.8 Å². The number of aryl methyl sites for hydroxylation is 2. The van der Waals surface area contributed by atoms with Crippen molar-refractivity contribution in [2.45, 2.75) is 26.9 Å². The maximum atomic E-state index is 9.26. The first-order chi connectivity index (χ1) is 10.7. The van der Waals surface area contributed by atoms with Crippen LogP contribution in [0.4, 0.5) is 11.5 Å². The van der Waals surface area contributed by atoms with E-state index in [1.54, 1.807) is 0 Å². The van der Waals surface area contributed by atoms with Gasteiger partial charge in [-0.25, -0.2) is 4.98 Å². The van der Waals surface area contributed by atoms with E-state index in [0.717, 1.165) is 29.0 Å². The molecule has 2 heterocycles. The lowest BCUT2D eigenvalue weighted by atomic mass is 10.2. The van der Waals surface area contributed by atoms with Crippen LogP contribution in [0.1, 0.15) is 23.7 Å². The molecule has 3 rings (SSSR count). The molecule has 0 amide bonds. The third-order valence-corrected chi connectivity index (χ3v) is 3.61. The van der Waals surface area contributed by atoms with Crippen LogP contribution in [-0.2, 0) is 13.0 Å². The highest BCUT2D eigenvalue weighted by Gasteiger charge is 2.08. The molecule has 0 atom stereocenters. The Kier molecular flexibility index (Phi) is 3.98. The summed E-state index contributed by atoms with van der Waals surface area (Å²) in [5, 5.41) is 17.9. The summed E-state index contributed by atoms with van der Waals surface area (Å²) in [5.74, 6) is 0.685. The smallest absolute Gasteiger partial charge is 0.182 e. The van der Waals surface area contributed by atoms with Gasteiger partial charge in [-0.15, -0.1) is 10.2 Å². The molecular formula is C17H18N4O. The summed E-state index contributed by atoms with van der Waals surface area (Å²) in [6, 6.07) is 11.7. The van der Waals surface area contributed by atoms with Crippen LogP contribution in [0.25, 0.3) is 5.65 Å². The zero-order valence-electron chi connectivity index (χ0n) is 12.7. The summed E-state index contributed by atoms with van der Waals surface area (Å²) in [4.78, 5) is 4.46. The molecule has 0 radical (unpaired) electrons. The molecule has 0 spiro atoms. The molecule has 112 valence electrons. The van der Waals surface area contributed by atoms with Gasteiger partial charge in [-0.3, -0.25) is 4.40 Å². The van der Waals surface area contributed by atoms with Crippen molar-refractivity contribution in [2.24, 2.45) is 10.2 Å². The number of aromatic nitrogens is 2. The fraction of sp³-hybridized carbons (Fsp3) is 0.235. The molecule has 0 aliphatic heterocycles. The number of aliphatic hydroxyl groups is 1. The predicted octanol–water partition coefficient (Wildman–Crippen LogP) is 4.11. The standard InChI is InChI=1S/C17H18N4O/c1-3-13-4-7-15(8-5-13)19-20-17-12(2)18-16-9-6-14(11-22)10-21(16)17/h4-10,22H,3,11H2,1-2H3. The number of hydrogen-bond donors (Lipinski definition) is 1. The number of fused-ring (bicyclic) bond motifs is 1. The Bertz CT molecular complexity index is 819. The molecule has 2 aromatic heterocycles. The van der Waals surface area contributed by atoms with E-state index in [2.05, 4.69) is 34.3 Å². The van der Waals surface area contributed by atoms with E-state index in [-0.39, 0.29) is 6.61 Å². The molecule has 0 bridgehead atoms. The average molecular weight is 294 g/mol. The van der Waals surface area contributed by atoms with E-state index in [9.17, 15) is 5.11 Å². The number of aliphatic hydroxyl groups excluding tert-OH is 1. The highest BCUT2D eigenvalue weighted by Crippen LogP contribution is 2.24. The molecule has 1 aromatic carbocycles. The zero-order valence-corrected chi connectivity index (χ0v) is 12.7. The van der Waals surface area contributed by atoms with Gasteiger partial charge in [0.1, 0.15) is 5.65 Å². The number of benzene rings is 1. The van der Waals surface area contributed by atoms with Crippen molar-refractivity contribution in [3.05, 3.63) is 59.4 Å². The molecule has 0 saturated carbocycles. The molecule has 22 heavy (non-hydrogen) atoms. The van der Waals surface area contributed by atoms with Gasteiger partial charge in [0.05, 0.1) is 18.0 Å². The van der Waals surface area contributed by atoms with Gasteiger partial charge < -0.3 is 5.11 Å². The molecule has 5 nitrogen and oxygen atoms in total. The van der Waals surface area contributed by atoms with E-state index < -0.39 is 0 Å². The fourth-order valence-electron chi connectivity index (χ4n) is 2.31. The van der Waals surface area contributed by atoms with Crippen LogP contribution in [0, 0.1) is 6.92 Å². The lowest BCUT2D eigenvalue weighted by molar-refractivity contribution is 0.281. The average Bonchev–Trinajstić information content (AvgIpc) is 2.87. The third-order valence-electron chi connectivity index (χ3n) is 3.61. The molecular weight excluding hydrogens is 276 g/mol. The highest BCUT2D eigenvalue weighted by molar-refractivity contribution is 5.52. The number of nitrogens with zero attached hydrogens (tertiary/aromatic N) is 4.